The zero-order valence-corrected chi connectivity index (χ0v) is 19.6. The van der Waals surface area contributed by atoms with Gasteiger partial charge in [0.25, 0.3) is 0 Å². The molecule has 0 fully saturated rings. The monoisotopic (exact) mass is 470 g/mol. The van der Waals surface area contributed by atoms with E-state index in [1.807, 2.05) is 24.3 Å². The van der Waals surface area contributed by atoms with Crippen LogP contribution < -0.4 is 21.2 Å². The number of hydrogen-bond donors (Lipinski definition) is 1. The SMILES string of the molecule is S=C1N=C(c2ccc(Cl)cc2)NC1=P(c1ccccc1)(c1ccccc1)c1ccccc1. The first kappa shape index (κ1) is 20.9. The number of nitrogens with zero attached hydrogens (tertiary/aromatic N) is 1. The van der Waals surface area contributed by atoms with Gasteiger partial charge < -0.3 is 5.32 Å². The second-order valence-corrected chi connectivity index (χ2v) is 11.6. The first-order valence-corrected chi connectivity index (χ1v) is 12.9. The van der Waals surface area contributed by atoms with Crippen LogP contribution in [-0.4, -0.2) is 16.2 Å². The van der Waals surface area contributed by atoms with Crippen LogP contribution in [0.4, 0.5) is 0 Å². The van der Waals surface area contributed by atoms with Gasteiger partial charge in [0.2, 0.25) is 0 Å². The molecule has 0 aliphatic carbocycles. The van der Waals surface area contributed by atoms with Crippen LogP contribution in [0.15, 0.2) is 120 Å². The molecular formula is C27H20ClN2PS. The maximum Gasteiger partial charge on any atom is 0.153 e. The van der Waals surface area contributed by atoms with Gasteiger partial charge >= 0.3 is 0 Å². The fraction of sp³-hybridized carbons (Fsp3) is 0. The number of nitrogens with one attached hydrogen (secondary N) is 1. The Labute approximate surface area is 198 Å². The summed E-state index contributed by atoms with van der Waals surface area (Å²) >= 11 is 12.0. The lowest BCUT2D eigenvalue weighted by atomic mass is 10.2. The number of thiocarbonyl (C=S) groups is 1. The second-order valence-electron chi connectivity index (χ2n) is 7.42. The number of amidine groups is 1. The lowest BCUT2D eigenvalue weighted by Gasteiger charge is -2.31. The van der Waals surface area contributed by atoms with Crippen LogP contribution in [0.1, 0.15) is 5.56 Å². The van der Waals surface area contributed by atoms with Crippen LogP contribution in [0.3, 0.4) is 0 Å². The summed E-state index contributed by atoms with van der Waals surface area (Å²) in [5.41, 5.74) is 1.94. The molecule has 1 N–H and O–H groups in total. The largest absolute Gasteiger partial charge is 0.336 e. The summed E-state index contributed by atoms with van der Waals surface area (Å²) in [6.07, 6.45) is 0. The molecule has 0 radical (unpaired) electrons. The molecule has 0 spiro atoms. The number of benzene rings is 4. The van der Waals surface area contributed by atoms with Gasteiger partial charge in [0.15, 0.2) is 4.99 Å². The predicted molar refractivity (Wildman–Crippen MR) is 144 cm³/mol. The highest BCUT2D eigenvalue weighted by Crippen LogP contribution is 2.46. The number of rotatable bonds is 4. The van der Waals surface area contributed by atoms with Crippen molar-refractivity contribution < 1.29 is 0 Å². The molecule has 0 aromatic heterocycles. The summed E-state index contributed by atoms with van der Waals surface area (Å²) in [5.74, 6) is 0.758. The minimum Gasteiger partial charge on any atom is -0.336 e. The maximum absolute atomic E-state index is 6.10. The molecule has 32 heavy (non-hydrogen) atoms. The van der Waals surface area contributed by atoms with Gasteiger partial charge in [0.1, 0.15) is 5.84 Å². The summed E-state index contributed by atoms with van der Waals surface area (Å²) in [6.45, 7) is -2.30. The van der Waals surface area contributed by atoms with Crippen LogP contribution in [0.25, 0.3) is 0 Å². The Bertz CT molecular complexity index is 1250. The summed E-state index contributed by atoms with van der Waals surface area (Å²) in [4.78, 5) is 5.39. The molecule has 1 heterocycles. The third kappa shape index (κ3) is 3.63. The molecule has 0 unspecified atom stereocenters. The molecule has 0 saturated carbocycles. The van der Waals surface area contributed by atoms with Gasteiger partial charge in [-0.25, -0.2) is 4.99 Å². The van der Waals surface area contributed by atoms with Crippen LogP contribution in [0, 0.1) is 0 Å². The highest BCUT2D eigenvalue weighted by atomic mass is 35.5. The van der Waals surface area contributed by atoms with E-state index in [0.717, 1.165) is 16.8 Å². The molecule has 4 aromatic carbocycles. The first-order valence-electron chi connectivity index (χ1n) is 10.3. The minimum atomic E-state index is -2.30. The third-order valence-corrected chi connectivity index (χ3v) is 10.4. The quantitative estimate of drug-likeness (QED) is 0.330. The summed E-state index contributed by atoms with van der Waals surface area (Å²) in [6, 6.07) is 39.6. The second kappa shape index (κ2) is 8.88. The zero-order valence-electron chi connectivity index (χ0n) is 17.2. The van der Waals surface area contributed by atoms with E-state index in [-0.39, 0.29) is 0 Å². The van der Waals surface area contributed by atoms with Crippen molar-refractivity contribution in [3.63, 3.8) is 0 Å². The van der Waals surface area contributed by atoms with E-state index >= 15 is 0 Å². The Morgan fingerprint density at radius 3 is 1.50 bits per heavy atom. The number of halogens is 1. The van der Waals surface area contributed by atoms with Gasteiger partial charge in [-0.05, 0) is 40.2 Å². The third-order valence-electron chi connectivity index (χ3n) is 5.54. The van der Waals surface area contributed by atoms with E-state index < -0.39 is 6.89 Å². The van der Waals surface area contributed by atoms with E-state index in [1.165, 1.54) is 15.9 Å². The van der Waals surface area contributed by atoms with E-state index in [1.54, 1.807) is 0 Å². The molecule has 2 nitrogen and oxygen atoms in total. The normalized spacial score (nSPS) is 13.6. The highest BCUT2D eigenvalue weighted by Gasteiger charge is 2.34. The van der Waals surface area contributed by atoms with E-state index in [9.17, 15) is 0 Å². The Kier molecular flexibility index (Phi) is 5.80. The number of hydrogen-bond acceptors (Lipinski definition) is 1. The van der Waals surface area contributed by atoms with Crippen molar-refractivity contribution in [3.05, 3.63) is 126 Å². The van der Waals surface area contributed by atoms with Gasteiger partial charge in [0.05, 0.1) is 5.42 Å². The smallest absolute Gasteiger partial charge is 0.153 e. The first-order chi connectivity index (χ1) is 15.7. The Morgan fingerprint density at radius 2 is 1.06 bits per heavy atom. The average Bonchev–Trinajstić information content (AvgIpc) is 3.24. The van der Waals surface area contributed by atoms with E-state index in [2.05, 4.69) is 96.3 Å². The minimum absolute atomic E-state index is 0.597. The molecule has 1 aliphatic rings. The van der Waals surface area contributed by atoms with E-state index in [4.69, 9.17) is 28.8 Å². The molecule has 5 heteroatoms. The van der Waals surface area contributed by atoms with Gasteiger partial charge in [-0.15, -0.1) is 0 Å². The fourth-order valence-electron chi connectivity index (χ4n) is 4.11. The molecule has 0 amide bonds. The van der Waals surface area contributed by atoms with Crippen molar-refractivity contribution in [1.82, 2.24) is 5.32 Å². The Hall–Kier alpha value is -2.97. The van der Waals surface area contributed by atoms with Gasteiger partial charge in [-0.3, -0.25) is 0 Å². The Balaban J connectivity index is 1.84. The van der Waals surface area contributed by atoms with E-state index in [0.29, 0.717) is 10.0 Å². The highest BCUT2D eigenvalue weighted by molar-refractivity contribution is 7.98. The lowest BCUT2D eigenvalue weighted by Crippen LogP contribution is -2.38. The van der Waals surface area contributed by atoms with Crippen molar-refractivity contribution in [2.24, 2.45) is 4.99 Å². The van der Waals surface area contributed by atoms with Gasteiger partial charge in [-0.2, -0.15) is 0 Å². The van der Waals surface area contributed by atoms with Crippen molar-refractivity contribution >= 4 is 62.9 Å². The molecule has 0 atom stereocenters. The zero-order chi connectivity index (χ0) is 22.0. The fourth-order valence-corrected chi connectivity index (χ4v) is 8.93. The molecule has 0 bridgehead atoms. The van der Waals surface area contributed by atoms with Gasteiger partial charge in [-0.1, -0.05) is 115 Å². The van der Waals surface area contributed by atoms with Crippen LogP contribution in [0.5, 0.6) is 0 Å². The molecule has 0 saturated heterocycles. The van der Waals surface area contributed by atoms with Crippen molar-refractivity contribution in [3.8, 4) is 0 Å². The molecule has 4 aromatic rings. The van der Waals surface area contributed by atoms with Gasteiger partial charge in [0, 0.05) is 17.5 Å². The summed E-state index contributed by atoms with van der Waals surface area (Å²) in [7, 11) is 0. The van der Waals surface area contributed by atoms with Crippen LogP contribution in [-0.2, 0) is 0 Å². The summed E-state index contributed by atoms with van der Waals surface area (Å²) in [5, 5.41) is 8.03. The van der Waals surface area contributed by atoms with Crippen molar-refractivity contribution in [1.29, 1.82) is 0 Å². The summed E-state index contributed by atoms with van der Waals surface area (Å²) < 4.78 is 0. The molecule has 1 aliphatic heterocycles. The average molecular weight is 471 g/mol. The maximum atomic E-state index is 6.10. The van der Waals surface area contributed by atoms with Crippen molar-refractivity contribution in [2.45, 2.75) is 0 Å². The lowest BCUT2D eigenvalue weighted by molar-refractivity contribution is 1.43. The topological polar surface area (TPSA) is 24.4 Å². The Morgan fingerprint density at radius 1 is 0.625 bits per heavy atom. The molecule has 5 rings (SSSR count). The van der Waals surface area contributed by atoms with Crippen molar-refractivity contribution in [2.75, 3.05) is 0 Å². The van der Waals surface area contributed by atoms with Crippen LogP contribution in [0.2, 0.25) is 5.02 Å². The predicted octanol–water partition coefficient (Wildman–Crippen LogP) is 5.14. The number of aliphatic imine (C=N–C) groups is 1. The van der Waals surface area contributed by atoms with Crippen LogP contribution >= 0.6 is 30.7 Å². The molecule has 156 valence electrons. The molecular weight excluding hydrogens is 451 g/mol. The standard InChI is InChI=1S/C27H20ClN2PS/c28-21-18-16-20(17-19-21)25-29-26(27(32)30-25)31(22-10-4-1-5-11-22,23-12-6-2-7-13-23)24-14-8-3-9-15-24/h1-19H,(H,29,30,32).